The van der Waals surface area contributed by atoms with E-state index in [1.54, 1.807) is 11.1 Å². The van der Waals surface area contributed by atoms with Crippen LogP contribution in [0.25, 0.3) is 33.6 Å². The van der Waals surface area contributed by atoms with Gasteiger partial charge in [-0.1, -0.05) is 62.4 Å². The molecule has 4 atom stereocenters. The molecule has 0 aliphatic carbocycles. The second-order valence-corrected chi connectivity index (χ2v) is 16.0. The number of amides is 4. The predicted octanol–water partition coefficient (Wildman–Crippen LogP) is 6.99. The van der Waals surface area contributed by atoms with Gasteiger partial charge in [-0.15, -0.1) is 0 Å². The molecule has 4 aromatic rings. The molecule has 0 bridgehead atoms. The summed E-state index contributed by atoms with van der Waals surface area (Å²) in [5, 5.41) is 5.36. The van der Waals surface area contributed by atoms with Crippen molar-refractivity contribution in [3.8, 4) is 33.6 Å². The van der Waals surface area contributed by atoms with Crippen LogP contribution in [0.4, 0.5) is 9.59 Å². The minimum Gasteiger partial charge on any atom is -0.453 e. The van der Waals surface area contributed by atoms with Crippen molar-refractivity contribution in [2.75, 3.05) is 33.9 Å². The lowest BCUT2D eigenvalue weighted by atomic mass is 10.0. The lowest BCUT2D eigenvalue weighted by Gasteiger charge is -2.30. The molecule has 57 heavy (non-hydrogen) atoms. The first-order valence-corrected chi connectivity index (χ1v) is 19.6. The van der Waals surface area contributed by atoms with E-state index in [1.807, 2.05) is 51.7 Å². The molecule has 6 rings (SSSR count). The number of ether oxygens (including phenoxy) is 3. The Morgan fingerprint density at radius 2 is 1.28 bits per heavy atom. The number of nitrogens with zero attached hydrogens (tertiary/aromatic N) is 3. The Bertz CT molecular complexity index is 2020. The average Bonchev–Trinajstić information content (AvgIpc) is 4.04. The Kier molecular flexibility index (Phi) is 12.7. The number of likely N-dealkylation sites (tertiary alicyclic amines) is 2. The topological polar surface area (TPSA) is 171 Å². The third-order valence-corrected chi connectivity index (χ3v) is 10.6. The van der Waals surface area contributed by atoms with Gasteiger partial charge in [-0.3, -0.25) is 9.59 Å². The lowest BCUT2D eigenvalue weighted by molar-refractivity contribution is -0.137. The number of carbonyl (C=O) groups is 4. The van der Waals surface area contributed by atoms with Gasteiger partial charge in [0.2, 0.25) is 11.8 Å². The van der Waals surface area contributed by atoms with Crippen LogP contribution in [0.3, 0.4) is 0 Å². The summed E-state index contributed by atoms with van der Waals surface area (Å²) in [5.41, 5.74) is 6.41. The van der Waals surface area contributed by atoms with E-state index < -0.39 is 29.9 Å². The normalized spacial score (nSPS) is 18.0. The number of aromatic amines is 2. The average molecular weight is 782 g/mol. The summed E-state index contributed by atoms with van der Waals surface area (Å²) in [6, 6.07) is 18.8. The molecule has 2 aromatic carbocycles. The number of carbonyl (C=O) groups excluding carboxylic acids is 4. The molecule has 2 saturated heterocycles. The monoisotopic (exact) mass is 781 g/mol. The number of alkyl carbamates (subject to hydrolysis) is 2. The second kappa shape index (κ2) is 17.7. The number of rotatable bonds is 12. The van der Waals surface area contributed by atoms with Crippen LogP contribution in [-0.2, 0) is 23.8 Å². The Morgan fingerprint density at radius 3 is 1.86 bits per heavy atom. The van der Waals surface area contributed by atoms with Crippen molar-refractivity contribution in [2.24, 2.45) is 5.92 Å². The van der Waals surface area contributed by atoms with Gasteiger partial charge in [-0.2, -0.15) is 0 Å². The first kappa shape index (κ1) is 41.0. The van der Waals surface area contributed by atoms with E-state index in [0.29, 0.717) is 18.9 Å². The number of hydrogen-bond acceptors (Lipinski definition) is 8. The third-order valence-electron chi connectivity index (χ3n) is 10.6. The second-order valence-electron chi connectivity index (χ2n) is 16.0. The van der Waals surface area contributed by atoms with Gasteiger partial charge in [-0.25, -0.2) is 14.6 Å². The van der Waals surface area contributed by atoms with Crippen molar-refractivity contribution in [3.05, 3.63) is 78.4 Å². The highest BCUT2D eigenvalue weighted by Crippen LogP contribution is 2.36. The van der Waals surface area contributed by atoms with Crippen LogP contribution in [-0.4, -0.2) is 100 Å². The maximum Gasteiger partial charge on any atom is 0.407 e. The number of benzene rings is 2. The predicted molar refractivity (Wildman–Crippen MR) is 216 cm³/mol. The molecule has 2 aromatic heterocycles. The van der Waals surface area contributed by atoms with Crippen LogP contribution in [0.5, 0.6) is 0 Å². The van der Waals surface area contributed by atoms with E-state index in [9.17, 15) is 19.2 Å². The quantitative estimate of drug-likeness (QED) is 0.119. The zero-order chi connectivity index (χ0) is 40.9. The van der Waals surface area contributed by atoms with E-state index in [4.69, 9.17) is 14.2 Å². The Labute approximate surface area is 334 Å². The lowest BCUT2D eigenvalue weighted by Crippen LogP contribution is -2.51. The molecular weight excluding hydrogens is 727 g/mol. The summed E-state index contributed by atoms with van der Waals surface area (Å²) in [6.45, 7) is 10.7. The first-order chi connectivity index (χ1) is 27.3. The van der Waals surface area contributed by atoms with Crippen molar-refractivity contribution in [2.45, 2.75) is 90.1 Å². The third kappa shape index (κ3) is 9.67. The highest BCUT2D eigenvalue weighted by molar-refractivity contribution is 5.87. The summed E-state index contributed by atoms with van der Waals surface area (Å²) >= 11 is 0. The van der Waals surface area contributed by atoms with Crippen molar-refractivity contribution in [1.82, 2.24) is 35.4 Å². The fourth-order valence-corrected chi connectivity index (χ4v) is 7.57. The van der Waals surface area contributed by atoms with E-state index in [2.05, 4.69) is 74.1 Å². The molecule has 2 aliphatic heterocycles. The van der Waals surface area contributed by atoms with E-state index in [1.165, 1.54) is 14.2 Å². The number of nitrogens with one attached hydrogen (secondary N) is 4. The molecular formula is C43H55N7O7. The van der Waals surface area contributed by atoms with E-state index in [0.717, 1.165) is 65.0 Å². The molecule has 304 valence electrons. The molecule has 0 saturated carbocycles. The largest absolute Gasteiger partial charge is 0.453 e. The number of imidazole rings is 1. The number of H-pyrrole nitrogens is 2. The van der Waals surface area contributed by atoms with Crippen LogP contribution in [0.1, 0.15) is 83.9 Å². The van der Waals surface area contributed by atoms with E-state index >= 15 is 0 Å². The van der Waals surface area contributed by atoms with Crippen LogP contribution in [0.15, 0.2) is 66.9 Å². The summed E-state index contributed by atoms with van der Waals surface area (Å²) < 4.78 is 15.4. The number of methoxy groups -OCH3 is 2. The molecule has 0 unspecified atom stereocenters. The van der Waals surface area contributed by atoms with Gasteiger partial charge in [0.15, 0.2) is 0 Å². The van der Waals surface area contributed by atoms with Crippen molar-refractivity contribution in [3.63, 3.8) is 0 Å². The van der Waals surface area contributed by atoms with Gasteiger partial charge in [-0.05, 0) is 86.8 Å². The molecule has 4 N–H and O–H groups in total. The Morgan fingerprint density at radius 1 is 0.737 bits per heavy atom. The minimum absolute atomic E-state index is 0.0214. The van der Waals surface area contributed by atoms with Gasteiger partial charge in [0.1, 0.15) is 17.9 Å². The highest BCUT2D eigenvalue weighted by Gasteiger charge is 2.38. The Balaban J connectivity index is 1.10. The maximum absolute atomic E-state index is 13.7. The smallest absolute Gasteiger partial charge is 0.407 e. The van der Waals surface area contributed by atoms with Crippen LogP contribution in [0.2, 0.25) is 0 Å². The van der Waals surface area contributed by atoms with Crippen molar-refractivity contribution < 1.29 is 33.4 Å². The molecule has 0 radical (unpaired) electrons. The van der Waals surface area contributed by atoms with Crippen LogP contribution < -0.4 is 10.6 Å². The molecule has 2 fully saturated rings. The fourth-order valence-electron chi connectivity index (χ4n) is 7.57. The molecule has 14 heteroatoms. The van der Waals surface area contributed by atoms with Crippen LogP contribution >= 0.6 is 0 Å². The SMILES string of the molecule is COC(=O)N[C@@H](COC(C)(C)C)C(=O)N1CCC[C@H]1c1ncc(-c2ccc(-c3ccc(-c4ccc([C@@H]5CCCN5C(=O)[C@@H](NC(=O)OC)C(C)C)[nH]4)cc3)cc2)[nH]1. The Hall–Kier alpha value is -5.63. The highest BCUT2D eigenvalue weighted by atomic mass is 16.5. The molecule has 0 spiro atoms. The van der Waals surface area contributed by atoms with Crippen molar-refractivity contribution >= 4 is 24.0 Å². The first-order valence-electron chi connectivity index (χ1n) is 19.6. The van der Waals surface area contributed by atoms with E-state index in [-0.39, 0.29) is 36.4 Å². The van der Waals surface area contributed by atoms with Gasteiger partial charge in [0.05, 0.1) is 50.4 Å². The summed E-state index contributed by atoms with van der Waals surface area (Å²) in [5.74, 6) is 0.261. The number of aromatic nitrogens is 3. The summed E-state index contributed by atoms with van der Waals surface area (Å²) in [6.07, 6.45) is 3.77. The summed E-state index contributed by atoms with van der Waals surface area (Å²) in [4.78, 5) is 66.6. The fraction of sp³-hybridized carbons (Fsp3) is 0.465. The molecule has 2 aliphatic rings. The van der Waals surface area contributed by atoms with Gasteiger partial charge < -0.3 is 44.6 Å². The molecule has 4 heterocycles. The van der Waals surface area contributed by atoms with Crippen molar-refractivity contribution in [1.29, 1.82) is 0 Å². The maximum atomic E-state index is 13.7. The van der Waals surface area contributed by atoms with Gasteiger partial charge in [0, 0.05) is 24.5 Å². The van der Waals surface area contributed by atoms with Gasteiger partial charge >= 0.3 is 12.2 Å². The molecule has 4 amide bonds. The van der Waals surface area contributed by atoms with Gasteiger partial charge in [0.25, 0.3) is 0 Å². The standard InChI is InChI=1S/C43H55N7O7/c1-26(2)37(48-42(54)56-7)40(52)49-22-8-10-35(49)32-21-20-31(45-32)29-16-12-27(13-17-29)28-14-18-30(19-15-28)33-24-44-38(46-33)36-11-9-23-50(36)39(51)34(47-41(53)55-6)25-57-43(3,4)5/h12-21,24,26,34-37,45H,8-11,22-23,25H2,1-7H3,(H,44,46)(H,47,53)(H,48,54)/t34-,35-,36-,37-/m0/s1. The number of hydrogen-bond donors (Lipinski definition) is 4. The molecule has 14 nitrogen and oxygen atoms in total. The zero-order valence-electron chi connectivity index (χ0n) is 33.9. The van der Waals surface area contributed by atoms with Crippen LogP contribution in [0, 0.1) is 5.92 Å². The summed E-state index contributed by atoms with van der Waals surface area (Å²) in [7, 11) is 2.56. The minimum atomic E-state index is -0.893. The zero-order valence-corrected chi connectivity index (χ0v) is 33.9.